The van der Waals surface area contributed by atoms with E-state index in [0.717, 1.165) is 5.56 Å². The standard InChI is InChI=1S/C13H19FN2O/c1-9-5-6-10(14)7-11(9)12(17)16(4)13(2,3)8-15/h5-7H,8,15H2,1-4H3. The lowest BCUT2D eigenvalue weighted by atomic mass is 10.0. The summed E-state index contributed by atoms with van der Waals surface area (Å²) in [6, 6.07) is 4.22. The number of hydrogen-bond donors (Lipinski definition) is 1. The van der Waals surface area contributed by atoms with Crippen LogP contribution in [0, 0.1) is 12.7 Å². The smallest absolute Gasteiger partial charge is 0.254 e. The molecule has 0 unspecified atom stereocenters. The summed E-state index contributed by atoms with van der Waals surface area (Å²) in [6.45, 7) is 5.89. The Labute approximate surface area is 101 Å². The fraction of sp³-hybridized carbons (Fsp3) is 0.462. The number of nitrogens with two attached hydrogens (primary N) is 1. The van der Waals surface area contributed by atoms with Crippen LogP contribution in [0.2, 0.25) is 0 Å². The number of nitrogens with zero attached hydrogens (tertiary/aromatic N) is 1. The molecule has 0 heterocycles. The fourth-order valence-corrected chi connectivity index (χ4v) is 1.42. The molecule has 0 radical (unpaired) electrons. The van der Waals surface area contributed by atoms with Gasteiger partial charge in [-0.3, -0.25) is 4.79 Å². The molecule has 0 aromatic heterocycles. The van der Waals surface area contributed by atoms with Crippen molar-refractivity contribution in [3.63, 3.8) is 0 Å². The number of carbonyl (C=O) groups is 1. The molecule has 1 rings (SSSR count). The highest BCUT2D eigenvalue weighted by atomic mass is 19.1. The topological polar surface area (TPSA) is 46.3 Å². The Bertz CT molecular complexity index is 429. The van der Waals surface area contributed by atoms with Gasteiger partial charge < -0.3 is 10.6 Å². The van der Waals surface area contributed by atoms with Crippen molar-refractivity contribution in [2.75, 3.05) is 13.6 Å². The maximum Gasteiger partial charge on any atom is 0.254 e. The molecule has 94 valence electrons. The minimum Gasteiger partial charge on any atom is -0.335 e. The molecule has 4 heteroatoms. The van der Waals surface area contributed by atoms with E-state index in [4.69, 9.17) is 5.73 Å². The summed E-state index contributed by atoms with van der Waals surface area (Å²) in [4.78, 5) is 13.8. The molecule has 17 heavy (non-hydrogen) atoms. The molecule has 0 aliphatic heterocycles. The predicted molar refractivity (Wildman–Crippen MR) is 66.4 cm³/mol. The average Bonchev–Trinajstić information content (AvgIpc) is 2.30. The van der Waals surface area contributed by atoms with Gasteiger partial charge in [-0.25, -0.2) is 4.39 Å². The average molecular weight is 238 g/mol. The monoisotopic (exact) mass is 238 g/mol. The predicted octanol–water partition coefficient (Wildman–Crippen LogP) is 1.94. The van der Waals surface area contributed by atoms with Crippen molar-refractivity contribution >= 4 is 5.91 Å². The Morgan fingerprint density at radius 2 is 2.06 bits per heavy atom. The summed E-state index contributed by atoms with van der Waals surface area (Å²) in [5.74, 6) is -0.615. The van der Waals surface area contributed by atoms with Crippen LogP contribution < -0.4 is 5.73 Å². The van der Waals surface area contributed by atoms with Gasteiger partial charge in [0.2, 0.25) is 0 Å². The third-order valence-corrected chi connectivity index (χ3v) is 3.14. The van der Waals surface area contributed by atoms with Gasteiger partial charge >= 0.3 is 0 Å². The minimum absolute atomic E-state index is 0.211. The van der Waals surface area contributed by atoms with Crippen LogP contribution in [0.4, 0.5) is 4.39 Å². The van der Waals surface area contributed by atoms with E-state index in [1.54, 1.807) is 24.9 Å². The number of benzene rings is 1. The number of amides is 1. The summed E-state index contributed by atoms with van der Waals surface area (Å²) in [5.41, 5.74) is 6.32. The highest BCUT2D eigenvalue weighted by molar-refractivity contribution is 5.95. The Morgan fingerprint density at radius 3 is 2.59 bits per heavy atom. The Morgan fingerprint density at radius 1 is 1.47 bits per heavy atom. The minimum atomic E-state index is -0.449. The van der Waals surface area contributed by atoms with Gasteiger partial charge in [-0.2, -0.15) is 0 Å². The van der Waals surface area contributed by atoms with E-state index < -0.39 is 11.4 Å². The molecular weight excluding hydrogens is 219 g/mol. The quantitative estimate of drug-likeness (QED) is 0.874. The van der Waals surface area contributed by atoms with E-state index in [1.807, 2.05) is 13.8 Å². The van der Waals surface area contributed by atoms with Crippen LogP contribution in [0.5, 0.6) is 0 Å². The van der Waals surface area contributed by atoms with Crippen molar-refractivity contribution in [1.29, 1.82) is 0 Å². The zero-order valence-electron chi connectivity index (χ0n) is 10.7. The molecule has 0 aliphatic carbocycles. The van der Waals surface area contributed by atoms with E-state index in [1.165, 1.54) is 12.1 Å². The Hall–Kier alpha value is -1.42. The van der Waals surface area contributed by atoms with Crippen molar-refractivity contribution < 1.29 is 9.18 Å². The molecule has 0 spiro atoms. The molecule has 0 aliphatic rings. The first kappa shape index (κ1) is 13.6. The maximum absolute atomic E-state index is 13.2. The number of aryl methyl sites for hydroxylation is 1. The van der Waals surface area contributed by atoms with Crippen LogP contribution in [0.15, 0.2) is 18.2 Å². The van der Waals surface area contributed by atoms with Crippen LogP contribution >= 0.6 is 0 Å². The van der Waals surface area contributed by atoms with Gasteiger partial charge in [-0.05, 0) is 38.5 Å². The van der Waals surface area contributed by atoms with Crippen molar-refractivity contribution in [3.8, 4) is 0 Å². The van der Waals surface area contributed by atoms with Crippen LogP contribution in [-0.4, -0.2) is 29.9 Å². The number of halogens is 1. The van der Waals surface area contributed by atoms with E-state index in [2.05, 4.69) is 0 Å². The second kappa shape index (κ2) is 4.84. The van der Waals surface area contributed by atoms with Crippen LogP contribution in [0.1, 0.15) is 29.8 Å². The molecule has 0 atom stereocenters. The van der Waals surface area contributed by atoms with Gasteiger partial charge in [-0.15, -0.1) is 0 Å². The molecule has 1 amide bonds. The Kier molecular flexibility index (Phi) is 3.88. The third kappa shape index (κ3) is 2.82. The van der Waals surface area contributed by atoms with Crippen molar-refractivity contribution in [2.24, 2.45) is 5.73 Å². The first-order valence-corrected chi connectivity index (χ1v) is 5.54. The summed E-state index contributed by atoms with van der Waals surface area (Å²) in [6.07, 6.45) is 0. The summed E-state index contributed by atoms with van der Waals surface area (Å²) >= 11 is 0. The first-order chi connectivity index (χ1) is 7.79. The van der Waals surface area contributed by atoms with Crippen LogP contribution in [0.25, 0.3) is 0 Å². The van der Waals surface area contributed by atoms with Gasteiger partial charge in [0.25, 0.3) is 5.91 Å². The second-order valence-electron chi connectivity index (χ2n) is 4.84. The van der Waals surface area contributed by atoms with E-state index in [-0.39, 0.29) is 5.91 Å². The van der Waals surface area contributed by atoms with Crippen molar-refractivity contribution in [3.05, 3.63) is 35.1 Å². The van der Waals surface area contributed by atoms with Crippen molar-refractivity contribution in [1.82, 2.24) is 4.90 Å². The van der Waals surface area contributed by atoms with E-state index in [0.29, 0.717) is 12.1 Å². The lowest BCUT2D eigenvalue weighted by Gasteiger charge is -2.34. The zero-order chi connectivity index (χ0) is 13.2. The zero-order valence-corrected chi connectivity index (χ0v) is 10.7. The molecule has 0 bridgehead atoms. The van der Waals surface area contributed by atoms with Crippen molar-refractivity contribution in [2.45, 2.75) is 26.3 Å². The second-order valence-corrected chi connectivity index (χ2v) is 4.84. The lowest BCUT2D eigenvalue weighted by molar-refractivity contribution is 0.0639. The normalized spacial score (nSPS) is 11.4. The lowest BCUT2D eigenvalue weighted by Crippen LogP contribution is -2.50. The summed E-state index contributed by atoms with van der Waals surface area (Å²) < 4.78 is 13.2. The van der Waals surface area contributed by atoms with Gasteiger partial charge in [-0.1, -0.05) is 6.07 Å². The first-order valence-electron chi connectivity index (χ1n) is 5.54. The molecule has 0 saturated heterocycles. The van der Waals surface area contributed by atoms with Gasteiger partial charge in [0.05, 0.1) is 0 Å². The fourth-order valence-electron chi connectivity index (χ4n) is 1.42. The van der Waals surface area contributed by atoms with Gasteiger partial charge in [0.1, 0.15) is 5.82 Å². The highest BCUT2D eigenvalue weighted by Crippen LogP contribution is 2.18. The molecule has 0 saturated carbocycles. The number of hydrogen-bond acceptors (Lipinski definition) is 2. The molecule has 2 N–H and O–H groups in total. The Balaban J connectivity index is 3.08. The SMILES string of the molecule is Cc1ccc(F)cc1C(=O)N(C)C(C)(C)CN. The number of likely N-dealkylation sites (N-methyl/N-ethyl adjacent to an activating group) is 1. The third-order valence-electron chi connectivity index (χ3n) is 3.14. The summed E-state index contributed by atoms with van der Waals surface area (Å²) in [7, 11) is 1.68. The molecule has 1 aromatic carbocycles. The summed E-state index contributed by atoms with van der Waals surface area (Å²) in [5, 5.41) is 0. The van der Waals surface area contributed by atoms with E-state index >= 15 is 0 Å². The number of rotatable bonds is 3. The van der Waals surface area contributed by atoms with E-state index in [9.17, 15) is 9.18 Å². The highest BCUT2D eigenvalue weighted by Gasteiger charge is 2.27. The molecule has 1 aromatic rings. The largest absolute Gasteiger partial charge is 0.335 e. The van der Waals surface area contributed by atoms with Gasteiger partial charge in [0.15, 0.2) is 0 Å². The van der Waals surface area contributed by atoms with Crippen LogP contribution in [0.3, 0.4) is 0 Å². The number of carbonyl (C=O) groups excluding carboxylic acids is 1. The van der Waals surface area contributed by atoms with Crippen LogP contribution in [-0.2, 0) is 0 Å². The molecule has 3 nitrogen and oxygen atoms in total. The molecule has 0 fully saturated rings. The van der Waals surface area contributed by atoms with Gasteiger partial charge in [0, 0.05) is 24.7 Å². The maximum atomic E-state index is 13.2. The molecular formula is C13H19FN2O.